The summed E-state index contributed by atoms with van der Waals surface area (Å²) >= 11 is 0. The third-order valence-corrected chi connectivity index (χ3v) is 5.41. The number of nitrogens with one attached hydrogen (secondary N) is 2. The molecule has 0 saturated heterocycles. The Bertz CT molecular complexity index is 1050. The molecule has 1 amide bonds. The highest BCUT2D eigenvalue weighted by Gasteiger charge is 2.15. The third kappa shape index (κ3) is 7.73. The van der Waals surface area contributed by atoms with E-state index in [0.717, 1.165) is 31.2 Å². The molecule has 0 saturated carbocycles. The largest absolute Gasteiger partial charge is 0.508 e. The van der Waals surface area contributed by atoms with Crippen molar-refractivity contribution >= 4 is 11.6 Å². The van der Waals surface area contributed by atoms with Crippen LogP contribution in [0, 0.1) is 10.1 Å². The molecule has 3 aromatic rings. The van der Waals surface area contributed by atoms with Crippen molar-refractivity contribution in [1.82, 2.24) is 10.6 Å². The minimum atomic E-state index is -0.453. The van der Waals surface area contributed by atoms with Crippen molar-refractivity contribution in [2.45, 2.75) is 32.2 Å². The molecule has 7 nitrogen and oxygen atoms in total. The zero-order valence-electron chi connectivity index (χ0n) is 18.5. The predicted molar refractivity (Wildman–Crippen MR) is 128 cm³/mol. The molecule has 3 aromatic carbocycles. The summed E-state index contributed by atoms with van der Waals surface area (Å²) in [5.74, 6) is -0.000956. The van der Waals surface area contributed by atoms with Gasteiger partial charge in [-0.2, -0.15) is 0 Å². The van der Waals surface area contributed by atoms with Crippen LogP contribution in [0.3, 0.4) is 0 Å². The number of benzene rings is 3. The Morgan fingerprint density at radius 3 is 2.33 bits per heavy atom. The van der Waals surface area contributed by atoms with Crippen LogP contribution in [0.15, 0.2) is 72.8 Å². The molecule has 0 fully saturated rings. The van der Waals surface area contributed by atoms with E-state index >= 15 is 0 Å². The fourth-order valence-electron chi connectivity index (χ4n) is 3.58. The number of carbonyl (C=O) groups is 1. The molecular weight excluding hydrogens is 418 g/mol. The van der Waals surface area contributed by atoms with Gasteiger partial charge >= 0.3 is 0 Å². The van der Waals surface area contributed by atoms with E-state index in [9.17, 15) is 20.0 Å². The van der Waals surface area contributed by atoms with Crippen molar-refractivity contribution in [1.29, 1.82) is 0 Å². The number of carbonyl (C=O) groups excluding carboxylic acids is 1. The molecule has 172 valence electrons. The van der Waals surface area contributed by atoms with Crippen LogP contribution in [0.5, 0.6) is 5.75 Å². The standard InChI is InChI=1S/C26H29N3O4/c30-24-12-9-21(10-13-24)15-17-27-19-22-18-23(29(32)33)11-14-25(22)26(31)28-16-5-4-8-20-6-2-1-3-7-20/h1-3,6-7,9-14,18,27,30H,4-5,8,15-17,19H2,(H,28,31). The van der Waals surface area contributed by atoms with Gasteiger partial charge in [-0.3, -0.25) is 14.9 Å². The van der Waals surface area contributed by atoms with Crippen LogP contribution >= 0.6 is 0 Å². The Labute approximate surface area is 193 Å². The number of rotatable bonds is 12. The average molecular weight is 448 g/mol. The van der Waals surface area contributed by atoms with Gasteiger partial charge in [-0.05, 0) is 67.1 Å². The van der Waals surface area contributed by atoms with Crippen LogP contribution in [0.1, 0.15) is 39.9 Å². The van der Waals surface area contributed by atoms with Gasteiger partial charge in [0.05, 0.1) is 4.92 Å². The van der Waals surface area contributed by atoms with E-state index < -0.39 is 4.92 Å². The number of aromatic hydroxyl groups is 1. The van der Waals surface area contributed by atoms with Crippen molar-refractivity contribution in [3.63, 3.8) is 0 Å². The molecular formula is C26H29N3O4. The first-order valence-electron chi connectivity index (χ1n) is 11.1. The van der Waals surface area contributed by atoms with Gasteiger partial charge in [0.2, 0.25) is 0 Å². The Morgan fingerprint density at radius 1 is 0.879 bits per heavy atom. The van der Waals surface area contributed by atoms with Crippen LogP contribution in [0.25, 0.3) is 0 Å². The zero-order valence-corrected chi connectivity index (χ0v) is 18.5. The van der Waals surface area contributed by atoms with Crippen LogP contribution < -0.4 is 10.6 Å². The minimum absolute atomic E-state index is 0.0373. The SMILES string of the molecule is O=C(NCCCCc1ccccc1)c1ccc([N+](=O)[O-])cc1CNCCc1ccc(O)cc1. The fourth-order valence-corrected chi connectivity index (χ4v) is 3.58. The lowest BCUT2D eigenvalue weighted by atomic mass is 10.0. The predicted octanol–water partition coefficient (Wildman–Crippen LogP) is 4.39. The van der Waals surface area contributed by atoms with Gasteiger partial charge in [-0.15, -0.1) is 0 Å². The smallest absolute Gasteiger partial charge is 0.269 e. The minimum Gasteiger partial charge on any atom is -0.508 e. The van der Waals surface area contributed by atoms with Gasteiger partial charge in [0, 0.05) is 30.8 Å². The van der Waals surface area contributed by atoms with Gasteiger partial charge in [0.1, 0.15) is 5.75 Å². The maximum Gasteiger partial charge on any atom is 0.269 e. The van der Waals surface area contributed by atoms with Crippen molar-refractivity contribution in [3.8, 4) is 5.75 Å². The topological polar surface area (TPSA) is 104 Å². The van der Waals surface area contributed by atoms with E-state index in [1.165, 1.54) is 23.8 Å². The maximum absolute atomic E-state index is 12.7. The number of unbranched alkanes of at least 4 members (excludes halogenated alkanes) is 1. The normalized spacial score (nSPS) is 10.7. The Morgan fingerprint density at radius 2 is 1.61 bits per heavy atom. The Kier molecular flexibility index (Phi) is 8.97. The first kappa shape index (κ1) is 23.9. The van der Waals surface area contributed by atoms with E-state index in [2.05, 4.69) is 22.8 Å². The van der Waals surface area contributed by atoms with Crippen molar-refractivity contribution in [2.75, 3.05) is 13.1 Å². The highest BCUT2D eigenvalue weighted by atomic mass is 16.6. The lowest BCUT2D eigenvalue weighted by Crippen LogP contribution is -2.27. The second-order valence-corrected chi connectivity index (χ2v) is 7.89. The molecule has 0 bridgehead atoms. The Hall–Kier alpha value is -3.71. The number of phenolic OH excluding ortho intramolecular Hbond substituents is 1. The lowest BCUT2D eigenvalue weighted by molar-refractivity contribution is -0.384. The molecule has 7 heteroatoms. The summed E-state index contributed by atoms with van der Waals surface area (Å²) in [5, 5.41) is 26.8. The number of hydrogen-bond donors (Lipinski definition) is 3. The number of aryl methyl sites for hydroxylation is 1. The summed E-state index contributed by atoms with van der Waals surface area (Å²) in [4.78, 5) is 23.5. The van der Waals surface area contributed by atoms with Crippen LogP contribution in [-0.2, 0) is 19.4 Å². The number of non-ortho nitro benzene ring substituents is 1. The molecule has 0 aliphatic rings. The summed E-state index contributed by atoms with van der Waals surface area (Å²) in [7, 11) is 0. The molecule has 0 unspecified atom stereocenters. The van der Waals surface area contributed by atoms with Gasteiger partial charge < -0.3 is 15.7 Å². The summed E-state index contributed by atoms with van der Waals surface area (Å²) in [6, 6.07) is 21.5. The average Bonchev–Trinajstić information content (AvgIpc) is 2.83. The highest BCUT2D eigenvalue weighted by molar-refractivity contribution is 5.96. The van der Waals surface area contributed by atoms with Gasteiger partial charge in [-0.1, -0.05) is 42.5 Å². The molecule has 0 spiro atoms. The molecule has 0 aliphatic carbocycles. The van der Waals surface area contributed by atoms with E-state index in [0.29, 0.717) is 30.8 Å². The molecule has 0 aliphatic heterocycles. The summed E-state index contributed by atoms with van der Waals surface area (Å²) < 4.78 is 0. The van der Waals surface area contributed by atoms with E-state index in [4.69, 9.17) is 0 Å². The maximum atomic E-state index is 12.7. The molecule has 0 heterocycles. The molecule has 0 aromatic heterocycles. The lowest BCUT2D eigenvalue weighted by Gasteiger charge is -2.12. The number of phenols is 1. The van der Waals surface area contributed by atoms with Gasteiger partial charge in [0.15, 0.2) is 0 Å². The van der Waals surface area contributed by atoms with Crippen molar-refractivity contribution in [3.05, 3.63) is 105 Å². The van der Waals surface area contributed by atoms with E-state index in [1.54, 1.807) is 12.1 Å². The van der Waals surface area contributed by atoms with E-state index in [1.807, 2.05) is 30.3 Å². The second kappa shape index (κ2) is 12.4. The van der Waals surface area contributed by atoms with Gasteiger partial charge in [-0.25, -0.2) is 0 Å². The van der Waals surface area contributed by atoms with Crippen molar-refractivity contribution in [2.24, 2.45) is 0 Å². The number of nitro groups is 1. The molecule has 0 atom stereocenters. The van der Waals surface area contributed by atoms with Crippen molar-refractivity contribution < 1.29 is 14.8 Å². The highest BCUT2D eigenvalue weighted by Crippen LogP contribution is 2.18. The van der Waals surface area contributed by atoms with Gasteiger partial charge in [0.25, 0.3) is 11.6 Å². The first-order valence-corrected chi connectivity index (χ1v) is 11.1. The quantitative estimate of drug-likeness (QED) is 0.217. The molecule has 3 rings (SSSR count). The Balaban J connectivity index is 1.51. The fraction of sp³-hybridized carbons (Fsp3) is 0.269. The summed E-state index contributed by atoms with van der Waals surface area (Å²) in [6.45, 7) is 1.53. The first-order chi connectivity index (χ1) is 16.0. The monoisotopic (exact) mass is 447 g/mol. The number of nitrogens with zero attached hydrogens (tertiary/aromatic N) is 1. The molecule has 0 radical (unpaired) electrons. The molecule has 3 N–H and O–H groups in total. The number of hydrogen-bond acceptors (Lipinski definition) is 5. The number of nitro benzene ring substituents is 1. The van der Waals surface area contributed by atoms with Crippen LogP contribution in [-0.4, -0.2) is 29.0 Å². The van der Waals surface area contributed by atoms with E-state index in [-0.39, 0.29) is 17.3 Å². The summed E-state index contributed by atoms with van der Waals surface area (Å²) in [6.07, 6.45) is 3.52. The second-order valence-electron chi connectivity index (χ2n) is 7.89. The van der Waals surface area contributed by atoms with Crippen LogP contribution in [0.2, 0.25) is 0 Å². The number of amides is 1. The molecule has 33 heavy (non-hydrogen) atoms. The third-order valence-electron chi connectivity index (χ3n) is 5.41. The van der Waals surface area contributed by atoms with Crippen LogP contribution in [0.4, 0.5) is 5.69 Å². The zero-order chi connectivity index (χ0) is 23.5. The summed E-state index contributed by atoms with van der Waals surface area (Å²) in [5.41, 5.74) is 3.34.